The Morgan fingerprint density at radius 1 is 1.23 bits per heavy atom. The number of nitrogens with zero attached hydrogens (tertiary/aromatic N) is 3. The van der Waals surface area contributed by atoms with Gasteiger partial charge in [0.2, 0.25) is 0 Å². The standard InChI is InChI=1S/C19H19ClN4O2/c1-11-10-26-7-5-16(11)22-19-15-9-21-6-4-13(15)18(23-24-19)14-3-2-12(20)8-17(14)25/h2-4,6,8-9,11,16,25H,5,7,10H2,1H3,(H,22,24). The lowest BCUT2D eigenvalue weighted by Gasteiger charge is -2.30. The van der Waals surface area contributed by atoms with Gasteiger partial charge in [-0.1, -0.05) is 18.5 Å². The van der Waals surface area contributed by atoms with Crippen molar-refractivity contribution in [3.05, 3.63) is 41.7 Å². The smallest absolute Gasteiger partial charge is 0.158 e. The van der Waals surface area contributed by atoms with Crippen molar-refractivity contribution in [3.63, 3.8) is 0 Å². The summed E-state index contributed by atoms with van der Waals surface area (Å²) in [7, 11) is 0. The summed E-state index contributed by atoms with van der Waals surface area (Å²) in [5.74, 6) is 1.16. The van der Waals surface area contributed by atoms with Crippen LogP contribution < -0.4 is 5.32 Å². The first-order chi connectivity index (χ1) is 12.6. The summed E-state index contributed by atoms with van der Waals surface area (Å²) < 4.78 is 5.51. The van der Waals surface area contributed by atoms with Crippen LogP contribution in [0.25, 0.3) is 22.0 Å². The summed E-state index contributed by atoms with van der Waals surface area (Å²) >= 11 is 5.94. The fourth-order valence-electron chi connectivity index (χ4n) is 3.28. The molecule has 0 radical (unpaired) electrons. The summed E-state index contributed by atoms with van der Waals surface area (Å²) in [4.78, 5) is 4.24. The van der Waals surface area contributed by atoms with Gasteiger partial charge in [0.05, 0.1) is 6.61 Å². The lowest BCUT2D eigenvalue weighted by Crippen LogP contribution is -2.36. The molecule has 0 amide bonds. The van der Waals surface area contributed by atoms with Crippen molar-refractivity contribution in [2.45, 2.75) is 19.4 Å². The molecule has 1 saturated heterocycles. The molecule has 1 aromatic carbocycles. The first kappa shape index (κ1) is 17.0. The van der Waals surface area contributed by atoms with Gasteiger partial charge < -0.3 is 15.2 Å². The average Bonchev–Trinajstić information content (AvgIpc) is 2.64. The molecule has 26 heavy (non-hydrogen) atoms. The summed E-state index contributed by atoms with van der Waals surface area (Å²) in [5, 5.41) is 24.7. The molecule has 0 saturated carbocycles. The second-order valence-electron chi connectivity index (χ2n) is 6.57. The highest BCUT2D eigenvalue weighted by Gasteiger charge is 2.23. The van der Waals surface area contributed by atoms with Crippen LogP contribution in [0.3, 0.4) is 0 Å². The van der Waals surface area contributed by atoms with Gasteiger partial charge in [0.1, 0.15) is 11.4 Å². The number of fused-ring (bicyclic) bond motifs is 1. The van der Waals surface area contributed by atoms with Gasteiger partial charge >= 0.3 is 0 Å². The molecule has 0 spiro atoms. The van der Waals surface area contributed by atoms with Gasteiger partial charge in [-0.05, 0) is 36.6 Å². The zero-order chi connectivity index (χ0) is 18.1. The molecule has 7 heteroatoms. The minimum atomic E-state index is 0.0728. The SMILES string of the molecule is CC1COCCC1Nc1nnc(-c2ccc(Cl)cc2O)c2ccncc12. The van der Waals surface area contributed by atoms with Crippen molar-refractivity contribution in [1.82, 2.24) is 15.2 Å². The molecule has 2 N–H and O–H groups in total. The number of anilines is 1. The molecule has 4 rings (SSSR count). The molecule has 1 aliphatic heterocycles. The highest BCUT2D eigenvalue weighted by molar-refractivity contribution is 6.30. The molecule has 1 fully saturated rings. The zero-order valence-electron chi connectivity index (χ0n) is 14.3. The van der Waals surface area contributed by atoms with Gasteiger partial charge in [0.25, 0.3) is 0 Å². The number of rotatable bonds is 3. The Bertz CT molecular complexity index is 950. The molecule has 2 unspecified atom stereocenters. The maximum atomic E-state index is 10.3. The van der Waals surface area contributed by atoms with Gasteiger partial charge in [0.15, 0.2) is 5.82 Å². The van der Waals surface area contributed by atoms with Crippen molar-refractivity contribution in [1.29, 1.82) is 0 Å². The van der Waals surface area contributed by atoms with E-state index in [1.54, 1.807) is 24.5 Å². The van der Waals surface area contributed by atoms with Crippen molar-refractivity contribution >= 4 is 28.2 Å². The maximum Gasteiger partial charge on any atom is 0.158 e. The van der Waals surface area contributed by atoms with Gasteiger partial charge in [-0.3, -0.25) is 4.98 Å². The molecule has 3 heterocycles. The van der Waals surface area contributed by atoms with Crippen molar-refractivity contribution in [3.8, 4) is 17.0 Å². The number of benzene rings is 1. The van der Waals surface area contributed by atoms with Crippen molar-refractivity contribution < 1.29 is 9.84 Å². The van der Waals surface area contributed by atoms with Gasteiger partial charge in [-0.2, -0.15) is 0 Å². The number of pyridine rings is 1. The molecule has 2 aromatic heterocycles. The van der Waals surface area contributed by atoms with Crippen LogP contribution in [-0.2, 0) is 4.74 Å². The first-order valence-corrected chi connectivity index (χ1v) is 8.95. The predicted molar refractivity (Wildman–Crippen MR) is 101 cm³/mol. The molecule has 0 aliphatic carbocycles. The van der Waals surface area contributed by atoms with Crippen LogP contribution >= 0.6 is 11.6 Å². The largest absolute Gasteiger partial charge is 0.507 e. The van der Waals surface area contributed by atoms with E-state index in [4.69, 9.17) is 16.3 Å². The number of phenols is 1. The normalized spacial score (nSPS) is 20.2. The number of halogens is 1. The Labute approximate surface area is 156 Å². The summed E-state index contributed by atoms with van der Waals surface area (Å²) in [5.41, 5.74) is 1.19. The fourth-order valence-corrected chi connectivity index (χ4v) is 3.44. The summed E-state index contributed by atoms with van der Waals surface area (Å²) in [6.45, 7) is 3.63. The number of phenolic OH excluding ortho intramolecular Hbond substituents is 1. The molecule has 6 nitrogen and oxygen atoms in total. The number of aromatic hydroxyl groups is 1. The average molecular weight is 371 g/mol. The second kappa shape index (κ2) is 7.05. The van der Waals surface area contributed by atoms with E-state index in [0.717, 1.165) is 30.4 Å². The molecule has 0 bridgehead atoms. The third-order valence-corrected chi connectivity index (χ3v) is 4.99. The quantitative estimate of drug-likeness (QED) is 0.728. The van der Waals surface area contributed by atoms with E-state index in [1.165, 1.54) is 6.07 Å². The Balaban J connectivity index is 1.78. The fraction of sp³-hybridized carbons (Fsp3) is 0.316. The number of aromatic nitrogens is 3. The Kier molecular flexibility index (Phi) is 4.61. The number of nitrogens with one attached hydrogen (secondary N) is 1. The van der Waals surface area contributed by atoms with Crippen LogP contribution in [0.5, 0.6) is 5.75 Å². The van der Waals surface area contributed by atoms with Crippen LogP contribution in [0.15, 0.2) is 36.7 Å². The van der Waals surface area contributed by atoms with Crippen LogP contribution in [0.1, 0.15) is 13.3 Å². The third kappa shape index (κ3) is 3.18. The van der Waals surface area contributed by atoms with E-state index in [0.29, 0.717) is 28.0 Å². The monoisotopic (exact) mass is 370 g/mol. The highest BCUT2D eigenvalue weighted by Crippen LogP contribution is 2.36. The minimum Gasteiger partial charge on any atom is -0.507 e. The van der Waals surface area contributed by atoms with Crippen LogP contribution in [0.4, 0.5) is 5.82 Å². The van der Waals surface area contributed by atoms with E-state index in [-0.39, 0.29) is 11.8 Å². The lowest BCUT2D eigenvalue weighted by molar-refractivity contribution is 0.0537. The van der Waals surface area contributed by atoms with Crippen LogP contribution in [-0.4, -0.2) is 39.5 Å². The molecule has 1 aliphatic rings. The summed E-state index contributed by atoms with van der Waals surface area (Å²) in [6.07, 6.45) is 4.40. The Morgan fingerprint density at radius 2 is 2.12 bits per heavy atom. The molecular formula is C19H19ClN4O2. The maximum absolute atomic E-state index is 10.3. The first-order valence-electron chi connectivity index (χ1n) is 8.57. The van der Waals surface area contributed by atoms with Crippen molar-refractivity contribution in [2.75, 3.05) is 18.5 Å². The number of ether oxygens (including phenoxy) is 1. The third-order valence-electron chi connectivity index (χ3n) is 4.76. The molecule has 2 atom stereocenters. The van der Waals surface area contributed by atoms with E-state index in [2.05, 4.69) is 27.4 Å². The Morgan fingerprint density at radius 3 is 2.92 bits per heavy atom. The minimum absolute atomic E-state index is 0.0728. The van der Waals surface area contributed by atoms with Gasteiger partial charge in [-0.25, -0.2) is 0 Å². The van der Waals surface area contributed by atoms with Crippen molar-refractivity contribution in [2.24, 2.45) is 5.92 Å². The van der Waals surface area contributed by atoms with E-state index >= 15 is 0 Å². The second-order valence-corrected chi connectivity index (χ2v) is 7.01. The Hall–Kier alpha value is -2.44. The molecule has 134 valence electrons. The van der Waals surface area contributed by atoms with E-state index in [9.17, 15) is 5.11 Å². The highest BCUT2D eigenvalue weighted by atomic mass is 35.5. The zero-order valence-corrected chi connectivity index (χ0v) is 15.1. The van der Waals surface area contributed by atoms with Crippen LogP contribution in [0.2, 0.25) is 5.02 Å². The van der Waals surface area contributed by atoms with E-state index in [1.807, 2.05) is 6.07 Å². The van der Waals surface area contributed by atoms with Crippen LogP contribution in [0, 0.1) is 5.92 Å². The van der Waals surface area contributed by atoms with Gasteiger partial charge in [0, 0.05) is 46.4 Å². The lowest BCUT2D eigenvalue weighted by atomic mass is 9.97. The molecule has 3 aromatic rings. The summed E-state index contributed by atoms with van der Waals surface area (Å²) in [6, 6.07) is 7.13. The molecular weight excluding hydrogens is 352 g/mol. The van der Waals surface area contributed by atoms with E-state index < -0.39 is 0 Å². The number of hydrogen-bond acceptors (Lipinski definition) is 6. The number of hydrogen-bond donors (Lipinski definition) is 2. The predicted octanol–water partition coefficient (Wildman–Crippen LogP) is 3.89. The van der Waals surface area contributed by atoms with Gasteiger partial charge in [-0.15, -0.1) is 10.2 Å². The topological polar surface area (TPSA) is 80.2 Å².